The van der Waals surface area contributed by atoms with E-state index < -0.39 is 0 Å². The molecule has 1 atom stereocenters. The van der Waals surface area contributed by atoms with Crippen LogP contribution in [-0.2, 0) is 0 Å². The molecule has 0 aliphatic heterocycles. The van der Waals surface area contributed by atoms with Crippen LogP contribution in [0.15, 0.2) is 12.1 Å². The van der Waals surface area contributed by atoms with Crippen molar-refractivity contribution >= 4 is 37.6 Å². The second-order valence-corrected chi connectivity index (χ2v) is 5.40. The van der Waals surface area contributed by atoms with Crippen LogP contribution < -0.4 is 15.0 Å². The number of hydrogen-bond donors (Lipinski definition) is 1. The van der Waals surface area contributed by atoms with Crippen LogP contribution in [0.4, 0.5) is 0 Å². The Kier molecular flexibility index (Phi) is 4.21. The van der Waals surface area contributed by atoms with E-state index in [2.05, 4.69) is 12.2 Å². The Morgan fingerprint density at radius 2 is 2.00 bits per heavy atom. The van der Waals surface area contributed by atoms with Crippen molar-refractivity contribution in [2.75, 3.05) is 0 Å². The predicted octanol–water partition coefficient (Wildman–Crippen LogP) is 2.34. The Bertz CT molecular complexity index is 554. The lowest BCUT2D eigenvalue weighted by molar-refractivity contribution is 0.101. The molecule has 0 saturated carbocycles. The van der Waals surface area contributed by atoms with Crippen LogP contribution in [-0.4, -0.2) is 10.3 Å². The van der Waals surface area contributed by atoms with Gasteiger partial charge in [-0.3, -0.25) is 4.79 Å². The molecule has 1 N–H and O–H groups in total. The fraction of sp³-hybridized carbons (Fsp3) is 0.250. The van der Waals surface area contributed by atoms with E-state index in [1.165, 1.54) is 6.92 Å². The van der Waals surface area contributed by atoms with Gasteiger partial charge in [-0.05, 0) is 42.3 Å². The summed E-state index contributed by atoms with van der Waals surface area (Å²) in [6, 6.07) is 3.75. The van der Waals surface area contributed by atoms with E-state index in [4.69, 9.17) is 9.08 Å². The van der Waals surface area contributed by atoms with Crippen molar-refractivity contribution < 1.29 is 13.9 Å². The maximum atomic E-state index is 11.5. The summed E-state index contributed by atoms with van der Waals surface area (Å²) in [5, 5.41) is 2.19. The summed E-state index contributed by atoms with van der Waals surface area (Å²) >= 11 is 0.631. The van der Waals surface area contributed by atoms with Gasteiger partial charge in [-0.15, -0.1) is 0 Å². The number of ketones is 1. The van der Waals surface area contributed by atoms with Crippen molar-refractivity contribution in [2.45, 2.75) is 19.8 Å². The van der Waals surface area contributed by atoms with Gasteiger partial charge >= 0.3 is 0 Å². The fourth-order valence-electron chi connectivity index (χ4n) is 1.87. The quantitative estimate of drug-likeness (QED) is 0.517. The molecule has 1 unspecified atom stereocenters. The van der Waals surface area contributed by atoms with Gasteiger partial charge in [0.05, 0.1) is 17.2 Å². The van der Waals surface area contributed by atoms with Crippen molar-refractivity contribution in [1.29, 1.82) is 0 Å². The minimum absolute atomic E-state index is 0.0190. The Balaban J connectivity index is 2.53. The van der Waals surface area contributed by atoms with Gasteiger partial charge in [0.1, 0.15) is 5.75 Å². The summed E-state index contributed by atoms with van der Waals surface area (Å²) < 4.78 is 14.1. The van der Waals surface area contributed by atoms with Gasteiger partial charge in [0.2, 0.25) is 0 Å². The van der Waals surface area contributed by atoms with E-state index in [1.807, 2.05) is 12.1 Å². The van der Waals surface area contributed by atoms with Gasteiger partial charge in [0.15, 0.2) is 13.8 Å². The Morgan fingerprint density at radius 3 is 2.59 bits per heavy atom. The van der Waals surface area contributed by atoms with Crippen molar-refractivity contribution in [3.63, 3.8) is 0 Å². The molecule has 0 amide bonds. The van der Waals surface area contributed by atoms with Gasteiger partial charge in [-0.25, -0.2) is 0 Å². The van der Waals surface area contributed by atoms with Gasteiger partial charge in [-0.1, -0.05) is 12.2 Å². The lowest BCUT2D eigenvalue weighted by Crippen LogP contribution is -2.27. The van der Waals surface area contributed by atoms with Crippen molar-refractivity contribution in [3.8, 4) is 5.75 Å². The van der Waals surface area contributed by atoms with Crippen LogP contribution in [0.3, 0.4) is 0 Å². The lowest BCUT2D eigenvalue weighted by atomic mass is 10.0. The van der Waals surface area contributed by atoms with Gasteiger partial charge in [-0.2, -0.15) is 0 Å². The molecule has 1 aromatic carbocycles. The lowest BCUT2D eigenvalue weighted by Gasteiger charge is -2.09. The van der Waals surface area contributed by atoms with Gasteiger partial charge < -0.3 is 9.08 Å². The molecule has 0 bridgehead atoms. The number of carbonyl (C=O) groups excluding carboxylic acids is 1. The summed E-state index contributed by atoms with van der Waals surface area (Å²) in [7, 11) is -0.109. The summed E-state index contributed by atoms with van der Waals surface area (Å²) in [5.41, 5.74) is 0.580. The fourth-order valence-corrected chi connectivity index (χ4v) is 2.54. The zero-order valence-electron chi connectivity index (χ0n) is 9.40. The van der Waals surface area contributed by atoms with Crippen LogP contribution in [0, 0.1) is 0 Å². The SMILES string of the molecule is CC(=O)c1cc2c(cc1OPSO)=CCCC=2. The molecule has 5 heteroatoms. The van der Waals surface area contributed by atoms with E-state index in [0.717, 1.165) is 23.3 Å². The first kappa shape index (κ1) is 12.6. The third-order valence-electron chi connectivity index (χ3n) is 2.65. The molecule has 3 nitrogen and oxygen atoms in total. The number of hydrogen-bond acceptors (Lipinski definition) is 4. The smallest absolute Gasteiger partial charge is 0.163 e. The molecule has 17 heavy (non-hydrogen) atoms. The summed E-state index contributed by atoms with van der Waals surface area (Å²) in [6.07, 6.45) is 6.30. The average Bonchev–Trinajstić information content (AvgIpc) is 2.35. The Morgan fingerprint density at radius 1 is 1.35 bits per heavy atom. The monoisotopic (exact) mass is 268 g/mol. The number of Topliss-reactive ketones (excluding diaryl/α,β-unsaturated/α-hetero) is 1. The molecular weight excluding hydrogens is 255 g/mol. The summed E-state index contributed by atoms with van der Waals surface area (Å²) in [4.78, 5) is 11.5. The second-order valence-electron chi connectivity index (χ2n) is 3.80. The molecule has 0 fully saturated rings. The molecule has 0 saturated heterocycles. The van der Waals surface area contributed by atoms with Gasteiger partial charge in [0, 0.05) is 0 Å². The Labute approximate surface area is 105 Å². The van der Waals surface area contributed by atoms with Crippen LogP contribution in [0.5, 0.6) is 5.75 Å². The largest absolute Gasteiger partial charge is 0.463 e. The third-order valence-corrected chi connectivity index (χ3v) is 3.50. The first-order valence-corrected chi connectivity index (χ1v) is 7.70. The molecule has 0 spiro atoms. The zero-order valence-corrected chi connectivity index (χ0v) is 11.2. The van der Waals surface area contributed by atoms with Crippen LogP contribution in [0.1, 0.15) is 30.1 Å². The highest BCUT2D eigenvalue weighted by atomic mass is 32.7. The molecular formula is C12H13O3PS. The third kappa shape index (κ3) is 2.89. The highest BCUT2D eigenvalue weighted by molar-refractivity contribution is 8.45. The van der Waals surface area contributed by atoms with Crippen LogP contribution in [0.25, 0.3) is 12.2 Å². The minimum atomic E-state index is -0.109. The minimum Gasteiger partial charge on any atom is -0.463 e. The maximum Gasteiger partial charge on any atom is 0.163 e. The highest BCUT2D eigenvalue weighted by Crippen LogP contribution is 2.31. The zero-order chi connectivity index (χ0) is 12.3. The summed E-state index contributed by atoms with van der Waals surface area (Å²) in [5.74, 6) is 0.539. The van der Waals surface area contributed by atoms with Crippen molar-refractivity contribution in [2.24, 2.45) is 0 Å². The van der Waals surface area contributed by atoms with E-state index in [1.54, 1.807) is 0 Å². The first-order chi connectivity index (χ1) is 8.22. The van der Waals surface area contributed by atoms with E-state index >= 15 is 0 Å². The van der Waals surface area contributed by atoms with Crippen LogP contribution in [0.2, 0.25) is 0 Å². The first-order valence-electron chi connectivity index (χ1n) is 5.30. The van der Waals surface area contributed by atoms with Crippen molar-refractivity contribution in [3.05, 3.63) is 28.1 Å². The number of benzene rings is 1. The molecule has 1 aliphatic rings. The predicted molar refractivity (Wildman–Crippen MR) is 73.0 cm³/mol. The summed E-state index contributed by atoms with van der Waals surface area (Å²) in [6.45, 7) is 1.52. The highest BCUT2D eigenvalue weighted by Gasteiger charge is 2.10. The number of rotatable bonds is 4. The van der Waals surface area contributed by atoms with E-state index in [9.17, 15) is 4.79 Å². The molecule has 1 aliphatic carbocycles. The standard InChI is InChI=1S/C12H13O3PS/c1-8(13)11-6-9-4-2-3-5-10(9)7-12(11)15-16-17-14/h4-7,14,16H,2-3H2,1H3. The second kappa shape index (κ2) is 5.67. The molecule has 1 aromatic rings. The molecule has 0 aromatic heterocycles. The van der Waals surface area contributed by atoms with Crippen LogP contribution >= 0.6 is 19.7 Å². The number of fused-ring (bicyclic) bond motifs is 1. The Hall–Kier alpha value is -0.830. The van der Waals surface area contributed by atoms with E-state index in [0.29, 0.717) is 23.0 Å². The molecule has 0 radical (unpaired) electrons. The molecule has 2 rings (SSSR count). The maximum absolute atomic E-state index is 11.5. The average molecular weight is 268 g/mol. The molecule has 0 heterocycles. The van der Waals surface area contributed by atoms with Crippen molar-refractivity contribution in [1.82, 2.24) is 0 Å². The normalized spacial score (nSPS) is 14.0. The topological polar surface area (TPSA) is 46.5 Å². The molecule has 90 valence electrons. The van der Waals surface area contributed by atoms with E-state index in [-0.39, 0.29) is 13.8 Å². The number of carbonyl (C=O) groups is 1. The van der Waals surface area contributed by atoms with Gasteiger partial charge in [0.25, 0.3) is 0 Å².